The summed E-state index contributed by atoms with van der Waals surface area (Å²) in [6.07, 6.45) is -0.442. The number of hydrogen-bond acceptors (Lipinski definition) is 2. The molecule has 0 aromatic heterocycles. The van der Waals surface area contributed by atoms with Crippen molar-refractivity contribution in [2.45, 2.75) is 18.9 Å². The van der Waals surface area contributed by atoms with E-state index in [1.807, 2.05) is 0 Å². The number of halogens is 2. The highest BCUT2D eigenvalue weighted by molar-refractivity contribution is 5.20. The Morgan fingerprint density at radius 1 is 1.33 bits per heavy atom. The topological polar surface area (TPSA) is 29.5 Å². The fourth-order valence-electron chi connectivity index (χ4n) is 1.32. The van der Waals surface area contributed by atoms with Gasteiger partial charge < -0.3 is 9.84 Å². The van der Waals surface area contributed by atoms with Crippen LogP contribution >= 0.6 is 0 Å². The van der Waals surface area contributed by atoms with Gasteiger partial charge in [-0.3, -0.25) is 0 Å². The van der Waals surface area contributed by atoms with E-state index in [0.717, 1.165) is 0 Å². The van der Waals surface area contributed by atoms with Gasteiger partial charge in [-0.2, -0.15) is 0 Å². The molecule has 0 aliphatic rings. The summed E-state index contributed by atoms with van der Waals surface area (Å²) in [7, 11) is 1.51. The molecular weight excluding hydrogens is 202 g/mol. The molecule has 1 aromatic rings. The van der Waals surface area contributed by atoms with Gasteiger partial charge in [0.2, 0.25) is 0 Å². The summed E-state index contributed by atoms with van der Waals surface area (Å²) < 4.78 is 31.1. The van der Waals surface area contributed by atoms with Crippen LogP contribution in [0.15, 0.2) is 18.2 Å². The van der Waals surface area contributed by atoms with Crippen LogP contribution in [-0.4, -0.2) is 24.9 Å². The quantitative estimate of drug-likeness (QED) is 0.814. The number of rotatable bonds is 5. The van der Waals surface area contributed by atoms with Gasteiger partial charge >= 0.3 is 0 Å². The Balaban J connectivity index is 2.63. The summed E-state index contributed by atoms with van der Waals surface area (Å²) in [6.45, 7) is 0.372. The van der Waals surface area contributed by atoms with Gasteiger partial charge in [0.15, 0.2) is 0 Å². The molecule has 0 saturated heterocycles. The van der Waals surface area contributed by atoms with Gasteiger partial charge in [-0.25, -0.2) is 8.78 Å². The zero-order valence-electron chi connectivity index (χ0n) is 8.54. The zero-order valence-corrected chi connectivity index (χ0v) is 8.54. The molecule has 0 radical (unpaired) electrons. The number of aliphatic hydroxyl groups excluding tert-OH is 1. The second-order valence-electron chi connectivity index (χ2n) is 3.34. The summed E-state index contributed by atoms with van der Waals surface area (Å²) in [6, 6.07) is 3.67. The molecule has 0 bridgehead atoms. The summed E-state index contributed by atoms with van der Waals surface area (Å²) in [5.41, 5.74) is -0.0684. The third kappa shape index (κ3) is 3.57. The summed E-state index contributed by atoms with van der Waals surface area (Å²) in [4.78, 5) is 0. The maximum atomic E-state index is 13.2. The Morgan fingerprint density at radius 3 is 2.47 bits per heavy atom. The summed E-state index contributed by atoms with van der Waals surface area (Å²) in [5, 5.41) is 9.47. The van der Waals surface area contributed by atoms with Crippen molar-refractivity contribution in [2.24, 2.45) is 0 Å². The molecule has 1 aromatic carbocycles. The van der Waals surface area contributed by atoms with E-state index >= 15 is 0 Å². The van der Waals surface area contributed by atoms with Crippen molar-refractivity contribution in [1.82, 2.24) is 0 Å². The van der Waals surface area contributed by atoms with Gasteiger partial charge in [-0.15, -0.1) is 0 Å². The molecule has 0 amide bonds. The lowest BCUT2D eigenvalue weighted by atomic mass is 10.0. The SMILES string of the molecule is COCCC(O)Cc1c(F)cccc1F. The van der Waals surface area contributed by atoms with Gasteiger partial charge in [-0.1, -0.05) is 6.07 Å². The van der Waals surface area contributed by atoms with Crippen molar-refractivity contribution in [3.63, 3.8) is 0 Å². The lowest BCUT2D eigenvalue weighted by molar-refractivity contribution is 0.109. The van der Waals surface area contributed by atoms with Crippen LogP contribution in [0.25, 0.3) is 0 Å². The van der Waals surface area contributed by atoms with Crippen molar-refractivity contribution in [1.29, 1.82) is 0 Å². The highest BCUT2D eigenvalue weighted by Crippen LogP contribution is 2.15. The van der Waals surface area contributed by atoms with Gasteiger partial charge in [0, 0.05) is 25.7 Å². The predicted molar refractivity (Wildman–Crippen MR) is 52.6 cm³/mol. The third-order valence-corrected chi connectivity index (χ3v) is 2.16. The lowest BCUT2D eigenvalue weighted by Crippen LogP contribution is -2.15. The second kappa shape index (κ2) is 5.78. The highest BCUT2D eigenvalue weighted by Gasteiger charge is 2.13. The molecule has 0 spiro atoms. The van der Waals surface area contributed by atoms with Gasteiger partial charge in [0.1, 0.15) is 11.6 Å². The molecule has 84 valence electrons. The Bertz CT molecular complexity index is 295. The molecule has 4 heteroatoms. The third-order valence-electron chi connectivity index (χ3n) is 2.16. The summed E-state index contributed by atoms with van der Waals surface area (Å²) >= 11 is 0. The molecule has 0 fully saturated rings. The van der Waals surface area contributed by atoms with E-state index < -0.39 is 17.7 Å². The fraction of sp³-hybridized carbons (Fsp3) is 0.455. The number of hydrogen-bond donors (Lipinski definition) is 1. The number of methoxy groups -OCH3 is 1. The lowest BCUT2D eigenvalue weighted by Gasteiger charge is -2.11. The second-order valence-corrected chi connectivity index (χ2v) is 3.34. The van der Waals surface area contributed by atoms with Gasteiger partial charge in [0.05, 0.1) is 6.10 Å². The van der Waals surface area contributed by atoms with E-state index in [1.54, 1.807) is 0 Å². The first-order valence-corrected chi connectivity index (χ1v) is 4.75. The van der Waals surface area contributed by atoms with Crippen molar-refractivity contribution in [3.05, 3.63) is 35.4 Å². The fourth-order valence-corrected chi connectivity index (χ4v) is 1.32. The van der Waals surface area contributed by atoms with Crippen LogP contribution in [0.3, 0.4) is 0 Å². The predicted octanol–water partition coefficient (Wildman–Crippen LogP) is 1.90. The molecule has 1 rings (SSSR count). The Morgan fingerprint density at radius 2 is 1.93 bits per heavy atom. The molecule has 0 aliphatic carbocycles. The Hall–Kier alpha value is -1.00. The van der Waals surface area contributed by atoms with Crippen LogP contribution in [0, 0.1) is 11.6 Å². The van der Waals surface area contributed by atoms with E-state index in [0.29, 0.717) is 13.0 Å². The molecule has 15 heavy (non-hydrogen) atoms. The standard InChI is InChI=1S/C11H14F2O2/c1-15-6-5-8(14)7-9-10(12)3-2-4-11(9)13/h2-4,8,14H,5-7H2,1H3. The Labute approximate surface area is 87.5 Å². The van der Waals surface area contributed by atoms with Crippen LogP contribution in [0.5, 0.6) is 0 Å². The van der Waals surface area contributed by atoms with Gasteiger partial charge in [-0.05, 0) is 18.6 Å². The minimum atomic E-state index is -0.781. The number of aliphatic hydroxyl groups is 1. The Kier molecular flexibility index (Phi) is 4.65. The molecule has 2 nitrogen and oxygen atoms in total. The normalized spacial score (nSPS) is 12.8. The van der Waals surface area contributed by atoms with E-state index in [-0.39, 0.29) is 12.0 Å². The van der Waals surface area contributed by atoms with E-state index in [9.17, 15) is 13.9 Å². The maximum absolute atomic E-state index is 13.2. The van der Waals surface area contributed by atoms with Crippen LogP contribution in [0.2, 0.25) is 0 Å². The average Bonchev–Trinajstić information content (AvgIpc) is 2.21. The van der Waals surface area contributed by atoms with Gasteiger partial charge in [0.25, 0.3) is 0 Å². The molecular formula is C11H14F2O2. The van der Waals surface area contributed by atoms with E-state index in [1.165, 1.54) is 25.3 Å². The monoisotopic (exact) mass is 216 g/mol. The molecule has 1 atom stereocenters. The zero-order chi connectivity index (χ0) is 11.3. The first kappa shape index (κ1) is 12.1. The van der Waals surface area contributed by atoms with Crippen LogP contribution in [0.1, 0.15) is 12.0 Å². The van der Waals surface area contributed by atoms with Crippen molar-refractivity contribution < 1.29 is 18.6 Å². The smallest absolute Gasteiger partial charge is 0.129 e. The first-order valence-electron chi connectivity index (χ1n) is 4.75. The largest absolute Gasteiger partial charge is 0.393 e. The van der Waals surface area contributed by atoms with Crippen molar-refractivity contribution in [3.8, 4) is 0 Å². The molecule has 0 heterocycles. The van der Waals surface area contributed by atoms with Crippen LogP contribution in [-0.2, 0) is 11.2 Å². The maximum Gasteiger partial charge on any atom is 0.129 e. The minimum absolute atomic E-state index is 0.0259. The van der Waals surface area contributed by atoms with Crippen molar-refractivity contribution in [2.75, 3.05) is 13.7 Å². The van der Waals surface area contributed by atoms with Crippen LogP contribution in [0.4, 0.5) is 8.78 Å². The molecule has 0 saturated carbocycles. The van der Waals surface area contributed by atoms with E-state index in [4.69, 9.17) is 4.74 Å². The first-order chi connectivity index (χ1) is 7.15. The molecule has 1 N–H and O–H groups in total. The summed E-state index contributed by atoms with van der Waals surface area (Å²) in [5.74, 6) is -1.24. The highest BCUT2D eigenvalue weighted by atomic mass is 19.1. The average molecular weight is 216 g/mol. The van der Waals surface area contributed by atoms with Crippen molar-refractivity contribution >= 4 is 0 Å². The number of ether oxygens (including phenoxy) is 1. The van der Waals surface area contributed by atoms with E-state index in [2.05, 4.69) is 0 Å². The molecule has 0 aliphatic heterocycles. The van der Waals surface area contributed by atoms with Crippen LogP contribution < -0.4 is 0 Å². The minimum Gasteiger partial charge on any atom is -0.393 e. The molecule has 1 unspecified atom stereocenters. The number of benzene rings is 1.